The summed E-state index contributed by atoms with van der Waals surface area (Å²) in [5, 5.41) is 0. The van der Waals surface area contributed by atoms with Gasteiger partial charge in [0.1, 0.15) is 5.60 Å². The van der Waals surface area contributed by atoms with Gasteiger partial charge in [0.15, 0.2) is 0 Å². The third-order valence-electron chi connectivity index (χ3n) is 2.98. The van der Waals surface area contributed by atoms with E-state index in [1.54, 1.807) is 4.90 Å². The van der Waals surface area contributed by atoms with Crippen LogP contribution in [0.3, 0.4) is 0 Å². The zero-order valence-corrected chi connectivity index (χ0v) is 14.6. The second-order valence-electron chi connectivity index (χ2n) is 6.01. The Kier molecular flexibility index (Phi) is 6.59. The lowest BCUT2D eigenvalue weighted by Gasteiger charge is -2.35. The minimum Gasteiger partial charge on any atom is -0.444 e. The summed E-state index contributed by atoms with van der Waals surface area (Å²) in [6.07, 6.45) is 3.37. The number of anilines is 1. The maximum atomic E-state index is 12.0. The lowest BCUT2D eigenvalue weighted by molar-refractivity contribution is 0.0240. The van der Waals surface area contributed by atoms with Crippen LogP contribution in [0.25, 0.3) is 0 Å². The van der Waals surface area contributed by atoms with Crippen LogP contribution < -0.4 is 4.90 Å². The van der Waals surface area contributed by atoms with Crippen molar-refractivity contribution in [2.24, 2.45) is 0 Å². The van der Waals surface area contributed by atoms with E-state index in [4.69, 9.17) is 4.74 Å². The van der Waals surface area contributed by atoms with Crippen molar-refractivity contribution in [3.63, 3.8) is 0 Å². The molecule has 6 nitrogen and oxygen atoms in total. The highest BCUT2D eigenvalue weighted by molar-refractivity contribution is 5.68. The summed E-state index contributed by atoms with van der Waals surface area (Å²) in [5.74, 6) is 0.722. The van der Waals surface area contributed by atoms with E-state index in [2.05, 4.69) is 14.9 Å². The predicted molar refractivity (Wildman–Crippen MR) is 88.1 cm³/mol. The summed E-state index contributed by atoms with van der Waals surface area (Å²) in [6, 6.07) is 0. The van der Waals surface area contributed by atoms with Gasteiger partial charge in [0.2, 0.25) is 5.95 Å². The topological polar surface area (TPSA) is 58.6 Å². The molecule has 22 heavy (non-hydrogen) atoms. The quantitative estimate of drug-likeness (QED) is 0.798. The molecule has 1 saturated heterocycles. The Hall–Kier alpha value is -1.85. The highest BCUT2D eigenvalue weighted by atomic mass is 16.6. The van der Waals surface area contributed by atoms with Crippen LogP contribution in [-0.4, -0.2) is 52.7 Å². The van der Waals surface area contributed by atoms with Crippen molar-refractivity contribution in [2.75, 3.05) is 31.1 Å². The second kappa shape index (κ2) is 7.96. The second-order valence-corrected chi connectivity index (χ2v) is 6.01. The number of carbonyl (C=O) groups excluding carboxylic acids is 1. The molecule has 124 valence electrons. The van der Waals surface area contributed by atoms with Gasteiger partial charge >= 0.3 is 6.09 Å². The van der Waals surface area contributed by atoms with Crippen LogP contribution in [0.4, 0.5) is 10.7 Å². The number of amides is 1. The molecule has 0 unspecified atom stereocenters. The molecule has 0 atom stereocenters. The zero-order chi connectivity index (χ0) is 16.8. The molecule has 0 bridgehead atoms. The van der Waals surface area contributed by atoms with Gasteiger partial charge in [-0.25, -0.2) is 14.8 Å². The van der Waals surface area contributed by atoms with E-state index in [1.165, 1.54) is 0 Å². The maximum Gasteiger partial charge on any atom is 0.410 e. The minimum absolute atomic E-state index is 0.248. The van der Waals surface area contributed by atoms with Crippen molar-refractivity contribution in [1.82, 2.24) is 14.9 Å². The molecule has 0 aromatic carbocycles. The van der Waals surface area contributed by atoms with Crippen LogP contribution >= 0.6 is 0 Å². The van der Waals surface area contributed by atoms with Crippen molar-refractivity contribution >= 4 is 12.0 Å². The van der Waals surface area contributed by atoms with Crippen LogP contribution in [0.5, 0.6) is 0 Å². The van der Waals surface area contributed by atoms with Crippen LogP contribution in [0.1, 0.15) is 40.2 Å². The number of nitrogens with zero attached hydrogens (tertiary/aromatic N) is 4. The molecule has 1 aromatic heterocycles. The minimum atomic E-state index is -0.450. The number of hydrogen-bond acceptors (Lipinski definition) is 5. The van der Waals surface area contributed by atoms with Gasteiger partial charge in [-0.3, -0.25) is 0 Å². The van der Waals surface area contributed by atoms with Gasteiger partial charge < -0.3 is 14.5 Å². The number of piperazine rings is 1. The molecule has 0 aliphatic carbocycles. The van der Waals surface area contributed by atoms with Gasteiger partial charge in [-0.15, -0.1) is 0 Å². The third-order valence-corrected chi connectivity index (χ3v) is 2.98. The highest BCUT2D eigenvalue weighted by Gasteiger charge is 2.26. The first kappa shape index (κ1) is 18.2. The average molecular weight is 308 g/mol. The number of aromatic nitrogens is 2. The molecule has 1 aliphatic rings. The predicted octanol–water partition coefficient (Wildman–Crippen LogP) is 2.87. The van der Waals surface area contributed by atoms with E-state index in [0.717, 1.165) is 24.6 Å². The summed E-state index contributed by atoms with van der Waals surface area (Å²) in [7, 11) is 0. The van der Waals surface area contributed by atoms with Crippen LogP contribution in [0, 0.1) is 6.92 Å². The number of hydrogen-bond donors (Lipinski definition) is 0. The van der Waals surface area contributed by atoms with E-state index < -0.39 is 5.60 Å². The number of aryl methyl sites for hydroxylation is 1. The lowest BCUT2D eigenvalue weighted by atomic mass is 10.2. The van der Waals surface area contributed by atoms with E-state index in [0.29, 0.717) is 13.1 Å². The van der Waals surface area contributed by atoms with Crippen molar-refractivity contribution in [3.8, 4) is 0 Å². The standard InChI is InChI=1S/C14H22N4O2.C2H6/c1-11-9-15-12(16-10-11)17-5-7-18(8-6-17)13(19)20-14(2,3)4;1-2/h9-10H,5-8H2,1-4H3;1-2H3. The van der Waals surface area contributed by atoms with Crippen LogP contribution in [-0.2, 0) is 4.74 Å². The van der Waals surface area contributed by atoms with Crippen molar-refractivity contribution in [3.05, 3.63) is 18.0 Å². The summed E-state index contributed by atoms with van der Waals surface area (Å²) < 4.78 is 5.37. The molecule has 0 radical (unpaired) electrons. The van der Waals surface area contributed by atoms with Gasteiger partial charge in [-0.2, -0.15) is 0 Å². The van der Waals surface area contributed by atoms with Gasteiger partial charge in [0.25, 0.3) is 0 Å². The van der Waals surface area contributed by atoms with Gasteiger partial charge in [0.05, 0.1) is 0 Å². The Morgan fingerprint density at radius 1 is 1.09 bits per heavy atom. The molecule has 0 saturated carbocycles. The zero-order valence-electron chi connectivity index (χ0n) is 14.6. The SMILES string of the molecule is CC.Cc1cnc(N2CCN(C(=O)OC(C)(C)C)CC2)nc1. The molecule has 1 fully saturated rings. The Morgan fingerprint density at radius 3 is 2.05 bits per heavy atom. The summed E-state index contributed by atoms with van der Waals surface area (Å²) >= 11 is 0. The summed E-state index contributed by atoms with van der Waals surface area (Å²) in [4.78, 5) is 24.4. The van der Waals surface area contributed by atoms with Gasteiger partial charge in [-0.05, 0) is 33.3 Å². The molecule has 0 N–H and O–H groups in total. The fourth-order valence-electron chi connectivity index (χ4n) is 1.96. The monoisotopic (exact) mass is 308 g/mol. The van der Waals surface area contributed by atoms with Crippen LogP contribution in [0.15, 0.2) is 12.4 Å². The van der Waals surface area contributed by atoms with Crippen molar-refractivity contribution in [2.45, 2.75) is 47.1 Å². The molecule has 1 aliphatic heterocycles. The summed E-state index contributed by atoms with van der Waals surface area (Å²) in [5.41, 5.74) is 0.593. The molecule has 1 aromatic rings. The highest BCUT2D eigenvalue weighted by Crippen LogP contribution is 2.14. The smallest absolute Gasteiger partial charge is 0.410 e. The molecular formula is C16H28N4O2. The normalized spacial score (nSPS) is 15.0. The largest absolute Gasteiger partial charge is 0.444 e. The van der Waals surface area contributed by atoms with E-state index in [1.807, 2.05) is 53.9 Å². The molecule has 2 rings (SSSR count). The fourth-order valence-corrected chi connectivity index (χ4v) is 1.96. The summed E-state index contributed by atoms with van der Waals surface area (Å²) in [6.45, 7) is 14.3. The first-order valence-electron chi connectivity index (χ1n) is 7.87. The number of carbonyl (C=O) groups is 1. The molecular weight excluding hydrogens is 280 g/mol. The Labute approximate surface area is 133 Å². The van der Waals surface area contributed by atoms with E-state index in [-0.39, 0.29) is 6.09 Å². The Bertz CT molecular complexity index is 460. The van der Waals surface area contributed by atoms with E-state index in [9.17, 15) is 4.79 Å². The molecule has 0 spiro atoms. The average Bonchev–Trinajstić information content (AvgIpc) is 2.48. The molecule has 6 heteroatoms. The molecule has 1 amide bonds. The first-order valence-corrected chi connectivity index (χ1v) is 7.87. The van der Waals surface area contributed by atoms with Gasteiger partial charge in [0, 0.05) is 38.6 Å². The lowest BCUT2D eigenvalue weighted by Crippen LogP contribution is -2.50. The van der Waals surface area contributed by atoms with Crippen molar-refractivity contribution < 1.29 is 9.53 Å². The molecule has 2 heterocycles. The Balaban J connectivity index is 0.00000116. The first-order chi connectivity index (χ1) is 10.3. The Morgan fingerprint density at radius 2 is 1.59 bits per heavy atom. The maximum absolute atomic E-state index is 12.0. The van der Waals surface area contributed by atoms with Gasteiger partial charge in [-0.1, -0.05) is 13.8 Å². The van der Waals surface area contributed by atoms with Crippen LogP contribution in [0.2, 0.25) is 0 Å². The van der Waals surface area contributed by atoms with Crippen molar-refractivity contribution in [1.29, 1.82) is 0 Å². The number of ether oxygens (including phenoxy) is 1. The third kappa shape index (κ3) is 5.50. The fraction of sp³-hybridized carbons (Fsp3) is 0.688. The number of rotatable bonds is 1. The van der Waals surface area contributed by atoms with E-state index >= 15 is 0 Å².